The molecule has 0 radical (unpaired) electrons. The van der Waals surface area contributed by atoms with Crippen molar-refractivity contribution < 1.29 is 13.2 Å². The maximum atomic E-state index is 12.6. The predicted molar refractivity (Wildman–Crippen MR) is 89.0 cm³/mol. The Morgan fingerprint density at radius 3 is 2.61 bits per heavy atom. The van der Waals surface area contributed by atoms with Crippen molar-refractivity contribution in [2.45, 2.75) is 11.8 Å². The van der Waals surface area contributed by atoms with Crippen LogP contribution in [-0.2, 0) is 10.0 Å². The average molecular weight is 326 g/mol. The van der Waals surface area contributed by atoms with Gasteiger partial charge in [0, 0.05) is 17.1 Å². The highest BCUT2D eigenvalue weighted by atomic mass is 32.2. The van der Waals surface area contributed by atoms with Gasteiger partial charge in [0.25, 0.3) is 10.0 Å². The number of pyridine rings is 1. The van der Waals surface area contributed by atoms with Crippen molar-refractivity contribution in [1.82, 2.24) is 4.98 Å². The van der Waals surface area contributed by atoms with Crippen molar-refractivity contribution in [3.63, 3.8) is 0 Å². The van der Waals surface area contributed by atoms with Crippen molar-refractivity contribution in [3.8, 4) is 0 Å². The Balaban J connectivity index is 2.04. The summed E-state index contributed by atoms with van der Waals surface area (Å²) in [5.41, 5.74) is 1.50. The van der Waals surface area contributed by atoms with E-state index in [0.717, 1.165) is 0 Å². The lowest BCUT2D eigenvalue weighted by atomic mass is 10.2. The fourth-order valence-corrected chi connectivity index (χ4v) is 3.40. The highest BCUT2D eigenvalue weighted by molar-refractivity contribution is 7.92. The second kappa shape index (κ2) is 5.81. The number of carbonyl (C=O) groups is 1. The van der Waals surface area contributed by atoms with Crippen LogP contribution in [0.25, 0.3) is 10.9 Å². The summed E-state index contributed by atoms with van der Waals surface area (Å²) in [6.07, 6.45) is 1.65. The molecule has 0 saturated carbocycles. The molecule has 0 aliphatic heterocycles. The Labute approximate surface area is 134 Å². The van der Waals surface area contributed by atoms with E-state index >= 15 is 0 Å². The van der Waals surface area contributed by atoms with E-state index in [1.807, 2.05) is 6.07 Å². The number of nitrogens with one attached hydrogen (secondary N) is 1. The number of hydrogen-bond donors (Lipinski definition) is 1. The molecule has 0 saturated heterocycles. The third kappa shape index (κ3) is 3.07. The molecule has 23 heavy (non-hydrogen) atoms. The number of sulfonamides is 1. The Morgan fingerprint density at radius 1 is 1.04 bits per heavy atom. The molecule has 3 rings (SSSR count). The van der Waals surface area contributed by atoms with Crippen LogP contribution in [0, 0.1) is 0 Å². The molecule has 0 atom stereocenters. The molecule has 1 heterocycles. The van der Waals surface area contributed by atoms with Gasteiger partial charge in [-0.1, -0.05) is 18.2 Å². The number of rotatable bonds is 4. The molecular weight excluding hydrogens is 312 g/mol. The van der Waals surface area contributed by atoms with Crippen LogP contribution in [0.3, 0.4) is 0 Å². The predicted octanol–water partition coefficient (Wildman–Crippen LogP) is 3.24. The van der Waals surface area contributed by atoms with Crippen molar-refractivity contribution >= 4 is 32.4 Å². The van der Waals surface area contributed by atoms with E-state index in [-0.39, 0.29) is 10.7 Å². The molecule has 1 aromatic heterocycles. The van der Waals surface area contributed by atoms with Crippen LogP contribution in [-0.4, -0.2) is 19.2 Å². The zero-order valence-electron chi connectivity index (χ0n) is 12.4. The first-order chi connectivity index (χ1) is 11.0. The number of fused-ring (bicyclic) bond motifs is 1. The van der Waals surface area contributed by atoms with Crippen LogP contribution in [0.2, 0.25) is 0 Å². The first-order valence-electron chi connectivity index (χ1n) is 6.95. The first-order valence-corrected chi connectivity index (χ1v) is 8.43. The monoisotopic (exact) mass is 326 g/mol. The molecule has 6 heteroatoms. The Bertz CT molecular complexity index is 992. The van der Waals surface area contributed by atoms with Gasteiger partial charge in [0.1, 0.15) is 0 Å². The average Bonchev–Trinajstić information content (AvgIpc) is 2.55. The lowest BCUT2D eigenvalue weighted by Gasteiger charge is -2.11. The first kappa shape index (κ1) is 15.2. The molecule has 0 unspecified atom stereocenters. The maximum Gasteiger partial charge on any atom is 0.261 e. The summed E-state index contributed by atoms with van der Waals surface area (Å²) < 4.78 is 27.7. The summed E-state index contributed by atoms with van der Waals surface area (Å²) in [6.45, 7) is 1.40. The quantitative estimate of drug-likeness (QED) is 0.747. The minimum atomic E-state index is -3.79. The molecule has 0 bridgehead atoms. The number of Topliss-reactive ketones (excluding diaryl/α,β-unsaturated/α-hetero) is 1. The lowest BCUT2D eigenvalue weighted by Crippen LogP contribution is -2.13. The van der Waals surface area contributed by atoms with Gasteiger partial charge >= 0.3 is 0 Å². The lowest BCUT2D eigenvalue weighted by molar-refractivity contribution is 0.101. The molecule has 2 aromatic carbocycles. The molecule has 0 spiro atoms. The van der Waals surface area contributed by atoms with Crippen LogP contribution < -0.4 is 4.72 Å². The van der Waals surface area contributed by atoms with Gasteiger partial charge in [0.2, 0.25) is 0 Å². The van der Waals surface area contributed by atoms with Gasteiger partial charge in [-0.3, -0.25) is 14.5 Å². The van der Waals surface area contributed by atoms with Crippen molar-refractivity contribution in [3.05, 3.63) is 66.4 Å². The third-order valence-electron chi connectivity index (χ3n) is 3.44. The van der Waals surface area contributed by atoms with E-state index in [0.29, 0.717) is 22.2 Å². The molecule has 0 fully saturated rings. The molecule has 1 N–H and O–H groups in total. The normalized spacial score (nSPS) is 11.3. The molecule has 5 nitrogen and oxygen atoms in total. The van der Waals surface area contributed by atoms with E-state index in [4.69, 9.17) is 0 Å². The molecule has 116 valence electrons. The number of anilines is 1. The van der Waals surface area contributed by atoms with Gasteiger partial charge in [-0.05, 0) is 43.3 Å². The Morgan fingerprint density at radius 2 is 1.83 bits per heavy atom. The Hall–Kier alpha value is -2.73. The summed E-state index contributed by atoms with van der Waals surface area (Å²) in [5.74, 6) is -0.184. The number of nitrogens with zero attached hydrogens (tertiary/aromatic N) is 1. The highest BCUT2D eigenvalue weighted by Crippen LogP contribution is 2.24. The molecule has 0 amide bonds. The summed E-state index contributed by atoms with van der Waals surface area (Å²) in [5, 5.41) is 0.710. The van der Waals surface area contributed by atoms with E-state index in [1.165, 1.54) is 19.1 Å². The van der Waals surface area contributed by atoms with Gasteiger partial charge in [-0.15, -0.1) is 0 Å². The fraction of sp³-hybridized carbons (Fsp3) is 0.0588. The molecule has 3 aromatic rings. The second-order valence-corrected chi connectivity index (χ2v) is 6.75. The minimum absolute atomic E-state index is 0.0473. The number of hydrogen-bond acceptors (Lipinski definition) is 4. The summed E-state index contributed by atoms with van der Waals surface area (Å²) in [4.78, 5) is 15.7. The zero-order valence-corrected chi connectivity index (χ0v) is 13.2. The topological polar surface area (TPSA) is 76.1 Å². The summed E-state index contributed by atoms with van der Waals surface area (Å²) in [7, 11) is -3.79. The zero-order chi connectivity index (χ0) is 16.4. The van der Waals surface area contributed by atoms with Gasteiger partial charge in [-0.25, -0.2) is 8.42 Å². The number of benzene rings is 2. The van der Waals surface area contributed by atoms with Crippen LogP contribution >= 0.6 is 0 Å². The molecule has 0 aliphatic rings. The second-order valence-electron chi connectivity index (χ2n) is 5.07. The SMILES string of the molecule is CC(=O)c1cccc(S(=O)(=O)Nc2cccc3ncccc23)c1. The number of ketones is 1. The minimum Gasteiger partial charge on any atom is -0.295 e. The van der Waals surface area contributed by atoms with Crippen molar-refractivity contribution in [2.24, 2.45) is 0 Å². The highest BCUT2D eigenvalue weighted by Gasteiger charge is 2.16. The van der Waals surface area contributed by atoms with E-state index in [2.05, 4.69) is 9.71 Å². The van der Waals surface area contributed by atoms with E-state index < -0.39 is 10.0 Å². The summed E-state index contributed by atoms with van der Waals surface area (Å²) >= 11 is 0. The number of aromatic nitrogens is 1. The molecular formula is C17H14N2O3S. The van der Waals surface area contributed by atoms with Crippen LogP contribution in [0.5, 0.6) is 0 Å². The third-order valence-corrected chi connectivity index (χ3v) is 4.80. The largest absolute Gasteiger partial charge is 0.295 e. The van der Waals surface area contributed by atoms with E-state index in [9.17, 15) is 13.2 Å². The van der Waals surface area contributed by atoms with Crippen LogP contribution in [0.15, 0.2) is 65.7 Å². The van der Waals surface area contributed by atoms with Crippen molar-refractivity contribution in [1.29, 1.82) is 0 Å². The fourth-order valence-electron chi connectivity index (χ4n) is 2.28. The van der Waals surface area contributed by atoms with Crippen LogP contribution in [0.4, 0.5) is 5.69 Å². The van der Waals surface area contributed by atoms with Gasteiger partial charge < -0.3 is 0 Å². The van der Waals surface area contributed by atoms with Gasteiger partial charge in [0.05, 0.1) is 16.1 Å². The number of carbonyl (C=O) groups excluding carboxylic acids is 1. The van der Waals surface area contributed by atoms with E-state index in [1.54, 1.807) is 42.6 Å². The standard InChI is InChI=1S/C17H14N2O3S/c1-12(20)13-5-2-6-14(11-13)23(21,22)19-17-9-3-8-16-15(17)7-4-10-18-16/h2-11,19H,1H3. The smallest absolute Gasteiger partial charge is 0.261 e. The van der Waals surface area contributed by atoms with Crippen molar-refractivity contribution in [2.75, 3.05) is 4.72 Å². The Kier molecular flexibility index (Phi) is 3.83. The van der Waals surface area contributed by atoms with Gasteiger partial charge in [-0.2, -0.15) is 0 Å². The maximum absolute atomic E-state index is 12.6. The summed E-state index contributed by atoms with van der Waals surface area (Å²) in [6, 6.07) is 14.7. The molecule has 0 aliphatic carbocycles. The van der Waals surface area contributed by atoms with Gasteiger partial charge in [0.15, 0.2) is 5.78 Å². The van der Waals surface area contributed by atoms with Crippen LogP contribution in [0.1, 0.15) is 17.3 Å².